The van der Waals surface area contributed by atoms with E-state index in [2.05, 4.69) is 0 Å². The van der Waals surface area contributed by atoms with Crippen molar-refractivity contribution in [2.75, 3.05) is 12.0 Å². The fourth-order valence-electron chi connectivity index (χ4n) is 4.09. The van der Waals surface area contributed by atoms with E-state index in [1.165, 1.54) is 30.8 Å². The average Bonchev–Trinajstić information content (AvgIpc) is 3.17. The zero-order valence-corrected chi connectivity index (χ0v) is 17.4. The number of fused-ring (bicyclic) bond motifs is 2. The summed E-state index contributed by atoms with van der Waals surface area (Å²) in [6.45, 7) is 3.78. The molecule has 0 fully saturated rings. The van der Waals surface area contributed by atoms with E-state index in [1.54, 1.807) is 33.1 Å². The van der Waals surface area contributed by atoms with E-state index in [-0.39, 0.29) is 5.82 Å². The molecule has 0 saturated carbocycles. The van der Waals surface area contributed by atoms with Crippen LogP contribution in [0.2, 0.25) is 0 Å². The lowest BCUT2D eigenvalue weighted by atomic mass is 9.87. The van der Waals surface area contributed by atoms with Crippen molar-refractivity contribution >= 4 is 41.1 Å². The van der Waals surface area contributed by atoms with Crippen LogP contribution < -0.4 is 9.64 Å². The molecule has 0 radical (unpaired) electrons. The maximum absolute atomic E-state index is 13.8. The number of methoxy groups -OCH3 is 1. The van der Waals surface area contributed by atoms with Gasteiger partial charge in [0, 0.05) is 11.1 Å². The van der Waals surface area contributed by atoms with E-state index < -0.39 is 17.2 Å². The number of ketones is 1. The van der Waals surface area contributed by atoms with Gasteiger partial charge in [0.25, 0.3) is 11.7 Å². The Morgan fingerprint density at radius 3 is 2.55 bits per heavy atom. The molecule has 0 N–H and O–H groups in total. The SMILES string of the molecule is COc1cc2c3c(c1)-c1c(sn(-c4cccc(F)c4)c1=S)C(C)(C)N3C(=O)C2=O. The van der Waals surface area contributed by atoms with Gasteiger partial charge in [-0.3, -0.25) is 18.4 Å². The molecule has 0 unspecified atom stereocenters. The summed E-state index contributed by atoms with van der Waals surface area (Å²) in [6.07, 6.45) is 0. The van der Waals surface area contributed by atoms with Crippen molar-refractivity contribution < 1.29 is 18.7 Å². The molecule has 2 aliphatic rings. The summed E-state index contributed by atoms with van der Waals surface area (Å²) >= 11 is 7.13. The van der Waals surface area contributed by atoms with E-state index in [0.29, 0.717) is 32.9 Å². The molecule has 0 spiro atoms. The quantitative estimate of drug-likeness (QED) is 0.434. The zero-order chi connectivity index (χ0) is 20.7. The number of Topliss-reactive ketones (excluding diaryl/α,β-unsaturated/α-hetero) is 1. The second kappa shape index (κ2) is 5.84. The van der Waals surface area contributed by atoms with Gasteiger partial charge >= 0.3 is 0 Å². The van der Waals surface area contributed by atoms with Crippen LogP contribution in [0.25, 0.3) is 16.8 Å². The molecule has 8 heteroatoms. The third kappa shape index (κ3) is 2.27. The fraction of sp³-hybridized carbons (Fsp3) is 0.190. The van der Waals surface area contributed by atoms with E-state index >= 15 is 0 Å². The summed E-state index contributed by atoms with van der Waals surface area (Å²) < 4.78 is 21.5. The predicted molar refractivity (Wildman–Crippen MR) is 111 cm³/mol. The number of nitrogens with zero attached hydrogens (tertiary/aromatic N) is 2. The van der Waals surface area contributed by atoms with Crippen molar-refractivity contribution in [2.45, 2.75) is 19.4 Å². The highest BCUT2D eigenvalue weighted by atomic mass is 32.1. The Bertz CT molecular complexity index is 1310. The van der Waals surface area contributed by atoms with Crippen molar-refractivity contribution in [3.63, 3.8) is 0 Å². The predicted octanol–water partition coefficient (Wildman–Crippen LogP) is 4.86. The second-order valence-corrected chi connectivity index (χ2v) is 8.82. The molecule has 29 heavy (non-hydrogen) atoms. The van der Waals surface area contributed by atoms with E-state index in [1.807, 2.05) is 13.8 Å². The maximum atomic E-state index is 13.8. The molecular weight excluding hydrogens is 411 g/mol. The fourth-order valence-corrected chi connectivity index (χ4v) is 5.77. The number of halogens is 1. The van der Waals surface area contributed by atoms with Gasteiger partial charge in [-0.25, -0.2) is 4.39 Å². The smallest absolute Gasteiger partial charge is 0.300 e. The van der Waals surface area contributed by atoms with Crippen LogP contribution in [0.15, 0.2) is 36.4 Å². The second-order valence-electron chi connectivity index (χ2n) is 7.47. The maximum Gasteiger partial charge on any atom is 0.300 e. The summed E-state index contributed by atoms with van der Waals surface area (Å²) in [5, 5.41) is 0. The number of carbonyl (C=O) groups is 2. The van der Waals surface area contributed by atoms with Crippen LogP contribution in [0.4, 0.5) is 10.1 Å². The molecule has 5 nitrogen and oxygen atoms in total. The molecule has 2 aromatic carbocycles. The summed E-state index contributed by atoms with van der Waals surface area (Å²) in [6, 6.07) is 9.59. The van der Waals surface area contributed by atoms with Crippen LogP contribution in [0.5, 0.6) is 5.75 Å². The molecule has 1 aromatic heterocycles. The minimum Gasteiger partial charge on any atom is -0.497 e. The molecule has 0 aliphatic carbocycles. The van der Waals surface area contributed by atoms with Gasteiger partial charge < -0.3 is 4.74 Å². The van der Waals surface area contributed by atoms with Crippen LogP contribution in [0.3, 0.4) is 0 Å². The van der Waals surface area contributed by atoms with Crippen molar-refractivity contribution in [1.82, 2.24) is 3.96 Å². The van der Waals surface area contributed by atoms with Gasteiger partial charge in [0.2, 0.25) is 0 Å². The molecular formula is C21H15FN2O3S2. The number of anilines is 1. The first-order valence-electron chi connectivity index (χ1n) is 8.89. The first-order chi connectivity index (χ1) is 13.8. The number of hydrogen-bond acceptors (Lipinski definition) is 5. The first kappa shape index (κ1) is 18.2. The Morgan fingerprint density at radius 2 is 1.86 bits per heavy atom. The number of rotatable bonds is 2. The summed E-state index contributed by atoms with van der Waals surface area (Å²) in [4.78, 5) is 27.9. The lowest BCUT2D eigenvalue weighted by molar-refractivity contribution is -0.115. The van der Waals surface area contributed by atoms with Crippen LogP contribution in [0, 0.1) is 10.5 Å². The van der Waals surface area contributed by atoms with Gasteiger partial charge in [0.15, 0.2) is 0 Å². The highest BCUT2D eigenvalue weighted by molar-refractivity contribution is 7.71. The molecule has 3 heterocycles. The number of aromatic nitrogens is 1. The summed E-state index contributed by atoms with van der Waals surface area (Å²) in [7, 11) is 1.51. The number of amides is 1. The number of benzene rings is 2. The van der Waals surface area contributed by atoms with Gasteiger partial charge in [-0.1, -0.05) is 29.8 Å². The molecule has 2 aliphatic heterocycles. The highest BCUT2D eigenvalue weighted by Gasteiger charge is 2.51. The summed E-state index contributed by atoms with van der Waals surface area (Å²) in [5.41, 5.74) is 2.17. The monoisotopic (exact) mass is 426 g/mol. The average molecular weight is 426 g/mol. The standard InChI is InChI=1S/C21H15FN2O3S2/c1-21(2)18-15(20(28)24(29-18)11-6-4-5-10(22)7-11)13-8-12(27-3)9-14-16(13)23(21)19(26)17(14)25/h4-9H,1-3H3. The number of hydrogen-bond donors (Lipinski definition) is 0. The normalized spacial score (nSPS) is 16.1. The Hall–Kier alpha value is -2.84. The van der Waals surface area contributed by atoms with Crippen LogP contribution in [0.1, 0.15) is 29.1 Å². The third-order valence-corrected chi connectivity index (χ3v) is 7.38. The largest absolute Gasteiger partial charge is 0.497 e. The van der Waals surface area contributed by atoms with Crippen molar-refractivity contribution in [3.05, 3.63) is 57.3 Å². The van der Waals surface area contributed by atoms with Crippen molar-refractivity contribution in [2.24, 2.45) is 0 Å². The molecule has 5 rings (SSSR count). The van der Waals surface area contributed by atoms with E-state index in [0.717, 1.165) is 10.4 Å². The zero-order valence-electron chi connectivity index (χ0n) is 15.8. The molecule has 1 amide bonds. The van der Waals surface area contributed by atoms with Crippen LogP contribution in [-0.4, -0.2) is 22.8 Å². The van der Waals surface area contributed by atoms with Gasteiger partial charge in [-0.15, -0.1) is 0 Å². The van der Waals surface area contributed by atoms with Gasteiger partial charge in [-0.2, -0.15) is 0 Å². The van der Waals surface area contributed by atoms with Gasteiger partial charge in [-0.05, 0) is 44.2 Å². The molecule has 0 saturated heterocycles. The van der Waals surface area contributed by atoms with Crippen molar-refractivity contribution in [3.8, 4) is 22.6 Å². The Labute approximate surface area is 175 Å². The summed E-state index contributed by atoms with van der Waals surface area (Å²) in [5.74, 6) is -0.998. The minimum absolute atomic E-state index is 0.320. The lowest BCUT2D eigenvalue weighted by Crippen LogP contribution is -2.46. The molecule has 3 aromatic rings. The Kier molecular flexibility index (Phi) is 3.66. The molecule has 0 bridgehead atoms. The lowest BCUT2D eigenvalue weighted by Gasteiger charge is -2.39. The highest BCUT2D eigenvalue weighted by Crippen LogP contribution is 2.55. The third-order valence-electron chi connectivity index (χ3n) is 5.42. The first-order valence-corrected chi connectivity index (χ1v) is 10.1. The van der Waals surface area contributed by atoms with Crippen LogP contribution in [-0.2, 0) is 10.3 Å². The molecule has 146 valence electrons. The van der Waals surface area contributed by atoms with E-state index in [4.69, 9.17) is 17.0 Å². The van der Waals surface area contributed by atoms with Gasteiger partial charge in [0.05, 0.1) is 34.5 Å². The minimum atomic E-state index is -0.786. The Balaban J connectivity index is 1.89. The van der Waals surface area contributed by atoms with Crippen molar-refractivity contribution in [1.29, 1.82) is 0 Å². The van der Waals surface area contributed by atoms with Gasteiger partial charge in [0.1, 0.15) is 16.2 Å². The van der Waals surface area contributed by atoms with Crippen LogP contribution >= 0.6 is 23.8 Å². The topological polar surface area (TPSA) is 51.5 Å². The number of ether oxygens (including phenoxy) is 1. The Morgan fingerprint density at radius 1 is 1.14 bits per heavy atom. The van der Waals surface area contributed by atoms with E-state index in [9.17, 15) is 14.0 Å². The number of carbonyl (C=O) groups excluding carboxylic acids is 2. The molecule has 0 atom stereocenters.